The van der Waals surface area contributed by atoms with E-state index in [0.717, 1.165) is 24.3 Å². The number of carbonyl (C=O) groups excluding carboxylic acids is 1. The van der Waals surface area contributed by atoms with Gasteiger partial charge in [-0.1, -0.05) is 19.1 Å². The highest BCUT2D eigenvalue weighted by Gasteiger charge is 2.14. The van der Waals surface area contributed by atoms with Crippen LogP contribution in [0.25, 0.3) is 0 Å². The summed E-state index contributed by atoms with van der Waals surface area (Å²) in [5.41, 5.74) is 3.69. The molecule has 3 rings (SSSR count). The number of phenolic OH excluding ortho intramolecular Hbond substituents is 1. The molecule has 1 amide bonds. The van der Waals surface area contributed by atoms with Gasteiger partial charge in [0, 0.05) is 25.7 Å². The lowest BCUT2D eigenvalue weighted by atomic mass is 10.1. The molecule has 0 radical (unpaired) electrons. The highest BCUT2D eigenvalue weighted by Crippen LogP contribution is 2.27. The maximum atomic E-state index is 10.7. The third-order valence-corrected chi connectivity index (χ3v) is 4.90. The Bertz CT molecular complexity index is 768. The summed E-state index contributed by atoms with van der Waals surface area (Å²) in [6, 6.07) is 13.2. The van der Waals surface area contributed by atoms with Gasteiger partial charge in [0.25, 0.3) is 0 Å². The summed E-state index contributed by atoms with van der Waals surface area (Å²) < 4.78 is 5.64. The maximum Gasteiger partial charge on any atom is 0.217 e. The molecule has 2 aromatic rings. The van der Waals surface area contributed by atoms with Gasteiger partial charge in [0.2, 0.25) is 5.91 Å². The molecule has 0 spiro atoms. The van der Waals surface area contributed by atoms with E-state index < -0.39 is 0 Å². The van der Waals surface area contributed by atoms with Crippen LogP contribution in [0.15, 0.2) is 42.5 Å². The van der Waals surface area contributed by atoms with Crippen LogP contribution in [-0.4, -0.2) is 30.7 Å². The van der Waals surface area contributed by atoms with Crippen LogP contribution >= 0.6 is 0 Å². The first-order valence-electron chi connectivity index (χ1n) is 10.4. The number of ether oxygens (including phenoxy) is 1. The number of carbonyl (C=O) groups is 1. The largest absolute Gasteiger partial charge is 0.508 e. The van der Waals surface area contributed by atoms with Gasteiger partial charge in [-0.3, -0.25) is 4.79 Å². The third kappa shape index (κ3) is 7.33. The van der Waals surface area contributed by atoms with Gasteiger partial charge in [0.05, 0.1) is 12.6 Å². The quantitative estimate of drug-likeness (QED) is 0.721. The molecule has 1 aliphatic rings. The molecule has 0 saturated carbocycles. The number of rotatable bonds is 6. The lowest BCUT2D eigenvalue weighted by Gasteiger charge is -2.20. The van der Waals surface area contributed by atoms with Crippen LogP contribution in [0.3, 0.4) is 0 Å². The summed E-state index contributed by atoms with van der Waals surface area (Å²) in [5.74, 6) is 1.18. The van der Waals surface area contributed by atoms with E-state index in [1.807, 2.05) is 6.92 Å². The van der Waals surface area contributed by atoms with E-state index in [2.05, 4.69) is 42.3 Å². The Labute approximate surface area is 174 Å². The molecule has 1 aliphatic heterocycles. The monoisotopic (exact) mass is 398 g/mol. The highest BCUT2D eigenvalue weighted by molar-refractivity contribution is 5.73. The molecule has 1 atom stereocenters. The number of benzene rings is 2. The number of hydrogen-bond acceptors (Lipinski definition) is 4. The van der Waals surface area contributed by atoms with Gasteiger partial charge in [0.15, 0.2) is 0 Å². The average Bonchev–Trinajstić information content (AvgIpc) is 3.21. The molecular weight excluding hydrogens is 364 g/mol. The third-order valence-electron chi connectivity index (χ3n) is 4.90. The SMILES string of the molecule is CC(=O)NC(C)c1ccc(O)cc1.CCCOc1ccc(N2CCCC2)c(C)c1. The van der Waals surface area contributed by atoms with Gasteiger partial charge in [-0.15, -0.1) is 0 Å². The molecule has 1 fully saturated rings. The normalized spacial score (nSPS) is 14.0. The van der Waals surface area contributed by atoms with Gasteiger partial charge in [-0.05, 0) is 74.6 Å². The standard InChI is InChI=1S/C14H21NO.C10H13NO2/c1-3-10-16-13-6-7-14(12(2)11-13)15-8-4-5-9-15;1-7(11-8(2)12)9-3-5-10(13)6-4-9/h6-7,11H,3-5,8-10H2,1-2H3;3-7,13H,1-2H3,(H,11,12). The fourth-order valence-electron chi connectivity index (χ4n) is 3.40. The van der Waals surface area contributed by atoms with E-state index in [9.17, 15) is 4.79 Å². The van der Waals surface area contributed by atoms with E-state index in [4.69, 9.17) is 9.84 Å². The second-order valence-corrected chi connectivity index (χ2v) is 7.50. The molecule has 5 heteroatoms. The zero-order valence-electron chi connectivity index (χ0n) is 18.1. The molecular formula is C24H34N2O3. The second-order valence-electron chi connectivity index (χ2n) is 7.50. The predicted molar refractivity (Wildman–Crippen MR) is 119 cm³/mol. The fraction of sp³-hybridized carbons (Fsp3) is 0.458. The topological polar surface area (TPSA) is 61.8 Å². The number of hydrogen-bond donors (Lipinski definition) is 2. The number of aryl methyl sites for hydroxylation is 1. The van der Waals surface area contributed by atoms with Crippen molar-refractivity contribution in [3.63, 3.8) is 0 Å². The first-order valence-corrected chi connectivity index (χ1v) is 10.4. The Hall–Kier alpha value is -2.69. The van der Waals surface area contributed by atoms with E-state index in [1.165, 1.54) is 44.1 Å². The van der Waals surface area contributed by atoms with Crippen molar-refractivity contribution in [3.05, 3.63) is 53.6 Å². The van der Waals surface area contributed by atoms with Crippen molar-refractivity contribution >= 4 is 11.6 Å². The summed E-state index contributed by atoms with van der Waals surface area (Å²) in [7, 11) is 0. The van der Waals surface area contributed by atoms with E-state index in [1.54, 1.807) is 24.3 Å². The summed E-state index contributed by atoms with van der Waals surface area (Å²) in [5, 5.41) is 11.8. The summed E-state index contributed by atoms with van der Waals surface area (Å²) in [4.78, 5) is 13.2. The van der Waals surface area contributed by atoms with E-state index in [0.29, 0.717) is 0 Å². The van der Waals surface area contributed by atoms with Crippen LogP contribution < -0.4 is 15.0 Å². The zero-order chi connectivity index (χ0) is 21.2. The van der Waals surface area contributed by atoms with Crippen molar-refractivity contribution in [3.8, 4) is 11.5 Å². The Morgan fingerprint density at radius 2 is 1.83 bits per heavy atom. The van der Waals surface area contributed by atoms with Gasteiger partial charge in [-0.25, -0.2) is 0 Å². The lowest BCUT2D eigenvalue weighted by Crippen LogP contribution is -2.23. The molecule has 0 aromatic heterocycles. The van der Waals surface area contributed by atoms with Crippen molar-refractivity contribution < 1.29 is 14.6 Å². The average molecular weight is 399 g/mol. The Balaban J connectivity index is 0.000000212. The fourth-order valence-corrected chi connectivity index (χ4v) is 3.40. The number of nitrogens with one attached hydrogen (secondary N) is 1. The molecule has 5 nitrogen and oxygen atoms in total. The molecule has 2 N–H and O–H groups in total. The number of aromatic hydroxyl groups is 1. The van der Waals surface area contributed by atoms with Crippen molar-refractivity contribution in [2.75, 3.05) is 24.6 Å². The minimum atomic E-state index is -0.0550. The van der Waals surface area contributed by atoms with Crippen LogP contribution in [0.4, 0.5) is 5.69 Å². The van der Waals surface area contributed by atoms with Crippen molar-refractivity contribution in [1.82, 2.24) is 5.32 Å². The summed E-state index contributed by atoms with van der Waals surface area (Å²) in [6.45, 7) is 10.9. The van der Waals surface area contributed by atoms with Gasteiger partial charge < -0.3 is 20.1 Å². The van der Waals surface area contributed by atoms with Gasteiger partial charge in [-0.2, -0.15) is 0 Å². The van der Waals surface area contributed by atoms with Crippen molar-refractivity contribution in [2.24, 2.45) is 0 Å². The Kier molecular flexibility index (Phi) is 8.84. The van der Waals surface area contributed by atoms with Gasteiger partial charge in [0.1, 0.15) is 11.5 Å². The number of phenols is 1. The van der Waals surface area contributed by atoms with Crippen LogP contribution in [0, 0.1) is 6.92 Å². The van der Waals surface area contributed by atoms with E-state index in [-0.39, 0.29) is 17.7 Å². The molecule has 1 heterocycles. The van der Waals surface area contributed by atoms with Crippen molar-refractivity contribution in [1.29, 1.82) is 0 Å². The molecule has 0 bridgehead atoms. The number of anilines is 1. The molecule has 1 unspecified atom stereocenters. The summed E-state index contributed by atoms with van der Waals surface area (Å²) >= 11 is 0. The molecule has 1 saturated heterocycles. The minimum Gasteiger partial charge on any atom is -0.508 e. The molecule has 2 aromatic carbocycles. The first-order chi connectivity index (χ1) is 13.9. The van der Waals surface area contributed by atoms with E-state index >= 15 is 0 Å². The zero-order valence-corrected chi connectivity index (χ0v) is 18.1. The maximum absolute atomic E-state index is 10.7. The van der Waals surface area contributed by atoms with Crippen LogP contribution in [0.1, 0.15) is 57.2 Å². The smallest absolute Gasteiger partial charge is 0.217 e. The van der Waals surface area contributed by atoms with Crippen LogP contribution in [0.2, 0.25) is 0 Å². The first kappa shape index (κ1) is 22.6. The van der Waals surface area contributed by atoms with Gasteiger partial charge >= 0.3 is 0 Å². The second kappa shape index (κ2) is 11.3. The molecule has 158 valence electrons. The van der Waals surface area contributed by atoms with Crippen molar-refractivity contribution in [2.45, 2.75) is 53.0 Å². The number of nitrogens with zero attached hydrogens (tertiary/aromatic N) is 1. The number of amides is 1. The van der Waals surface area contributed by atoms with Crippen LogP contribution in [0.5, 0.6) is 11.5 Å². The molecule has 29 heavy (non-hydrogen) atoms. The minimum absolute atomic E-state index is 0.0156. The highest BCUT2D eigenvalue weighted by atomic mass is 16.5. The summed E-state index contributed by atoms with van der Waals surface area (Å²) in [6.07, 6.45) is 3.72. The predicted octanol–water partition coefficient (Wildman–Crippen LogP) is 4.97. The molecule has 0 aliphatic carbocycles. The Morgan fingerprint density at radius 1 is 1.17 bits per heavy atom. The lowest BCUT2D eigenvalue weighted by molar-refractivity contribution is -0.119. The Morgan fingerprint density at radius 3 is 2.38 bits per heavy atom. The van der Waals surface area contributed by atoms with Crippen LogP contribution in [-0.2, 0) is 4.79 Å².